The van der Waals surface area contributed by atoms with Crippen LogP contribution in [0.25, 0.3) is 0 Å². The molecular weight excluding hydrogens is 172 g/mol. The van der Waals surface area contributed by atoms with Crippen molar-refractivity contribution >= 4 is 0 Å². The van der Waals surface area contributed by atoms with Crippen LogP contribution in [0.1, 0.15) is 32.6 Å². The van der Waals surface area contributed by atoms with Crippen LogP contribution in [0.15, 0.2) is 0 Å². The fourth-order valence-corrected chi connectivity index (χ4v) is 1.91. The zero-order chi connectivity index (χ0) is 10.3. The first-order valence-corrected chi connectivity index (χ1v) is 5.68. The molecule has 0 aromatic rings. The van der Waals surface area contributed by atoms with Crippen LogP contribution in [0.4, 0.5) is 0 Å². The van der Waals surface area contributed by atoms with Gasteiger partial charge in [-0.05, 0) is 24.7 Å². The van der Waals surface area contributed by atoms with Crippen molar-refractivity contribution in [2.24, 2.45) is 5.41 Å². The van der Waals surface area contributed by atoms with Gasteiger partial charge in [0.1, 0.15) is 0 Å². The zero-order valence-electron chi connectivity index (χ0n) is 9.23. The van der Waals surface area contributed by atoms with Gasteiger partial charge in [-0.2, -0.15) is 0 Å². The molecule has 0 unspecified atom stereocenters. The summed E-state index contributed by atoms with van der Waals surface area (Å²) in [6, 6.07) is 0. The van der Waals surface area contributed by atoms with Gasteiger partial charge >= 0.3 is 0 Å². The molecule has 14 heavy (non-hydrogen) atoms. The predicted octanol–water partition coefficient (Wildman–Crippen LogP) is 1.38. The summed E-state index contributed by atoms with van der Waals surface area (Å²) in [6.07, 6.45) is 10.7. The van der Waals surface area contributed by atoms with E-state index in [1.807, 2.05) is 0 Å². The van der Waals surface area contributed by atoms with Gasteiger partial charge in [-0.25, -0.2) is 0 Å². The average Bonchev–Trinajstić information content (AvgIpc) is 2.93. The fourth-order valence-electron chi connectivity index (χ4n) is 1.91. The molecule has 0 bridgehead atoms. The first kappa shape index (κ1) is 11.6. The lowest BCUT2D eigenvalue weighted by Crippen LogP contribution is -2.31. The number of rotatable bonds is 8. The molecule has 0 aromatic heterocycles. The van der Waals surface area contributed by atoms with Crippen LogP contribution in [-0.4, -0.2) is 26.2 Å². The Kier molecular flexibility index (Phi) is 5.00. The summed E-state index contributed by atoms with van der Waals surface area (Å²) in [5.41, 5.74) is 0.668. The molecule has 80 valence electrons. The van der Waals surface area contributed by atoms with Crippen molar-refractivity contribution in [3.63, 3.8) is 0 Å². The Bertz CT molecular complexity index is 189. The molecule has 1 saturated carbocycles. The summed E-state index contributed by atoms with van der Waals surface area (Å²) < 4.78 is 0. The van der Waals surface area contributed by atoms with Crippen LogP contribution in [0.2, 0.25) is 0 Å². The van der Waals surface area contributed by atoms with Crippen LogP contribution in [0.3, 0.4) is 0 Å². The lowest BCUT2D eigenvalue weighted by Gasteiger charge is -2.14. The van der Waals surface area contributed by atoms with Crippen molar-refractivity contribution in [1.82, 2.24) is 10.6 Å². The highest BCUT2D eigenvalue weighted by atomic mass is 14.9. The van der Waals surface area contributed by atoms with Crippen molar-refractivity contribution < 1.29 is 0 Å². The molecule has 0 atom stereocenters. The van der Waals surface area contributed by atoms with Gasteiger partial charge in [0.25, 0.3) is 0 Å². The van der Waals surface area contributed by atoms with Gasteiger partial charge in [0.05, 0.1) is 6.54 Å². The van der Waals surface area contributed by atoms with Crippen molar-refractivity contribution in [3.05, 3.63) is 0 Å². The van der Waals surface area contributed by atoms with E-state index in [1.165, 1.54) is 32.2 Å². The predicted molar refractivity (Wildman–Crippen MR) is 61.1 cm³/mol. The molecule has 0 heterocycles. The van der Waals surface area contributed by atoms with Gasteiger partial charge in [0.15, 0.2) is 0 Å². The molecule has 1 rings (SSSR count). The third-order valence-electron chi connectivity index (χ3n) is 2.94. The van der Waals surface area contributed by atoms with E-state index in [0.717, 1.165) is 13.1 Å². The second kappa shape index (κ2) is 6.06. The van der Waals surface area contributed by atoms with Crippen LogP contribution >= 0.6 is 0 Å². The first-order valence-electron chi connectivity index (χ1n) is 5.68. The van der Waals surface area contributed by atoms with Crippen LogP contribution < -0.4 is 10.6 Å². The standard InChI is InChI=1S/C12H22N2/c1-3-5-12(6-7-12)11-14-10-9-13-8-4-2/h2,13-14H,3,5-11H2,1H3. The molecule has 2 N–H and O–H groups in total. The second-order valence-corrected chi connectivity index (χ2v) is 4.31. The molecule has 0 radical (unpaired) electrons. The lowest BCUT2D eigenvalue weighted by molar-refractivity contribution is 0.421. The van der Waals surface area contributed by atoms with Gasteiger partial charge < -0.3 is 10.6 Å². The largest absolute Gasteiger partial charge is 0.315 e. The highest BCUT2D eigenvalue weighted by Gasteiger charge is 2.40. The molecule has 1 aliphatic carbocycles. The third kappa shape index (κ3) is 4.13. The molecule has 0 aromatic carbocycles. The Morgan fingerprint density at radius 3 is 2.57 bits per heavy atom. The van der Waals surface area contributed by atoms with E-state index in [1.54, 1.807) is 0 Å². The smallest absolute Gasteiger partial charge is 0.0574 e. The maximum atomic E-state index is 5.13. The zero-order valence-corrected chi connectivity index (χ0v) is 9.23. The Labute approximate surface area is 87.8 Å². The fraction of sp³-hybridized carbons (Fsp3) is 0.833. The van der Waals surface area contributed by atoms with E-state index < -0.39 is 0 Å². The molecule has 1 fully saturated rings. The number of terminal acetylenes is 1. The van der Waals surface area contributed by atoms with E-state index in [4.69, 9.17) is 6.42 Å². The molecule has 0 amide bonds. The lowest BCUT2D eigenvalue weighted by atomic mass is 10.0. The van der Waals surface area contributed by atoms with E-state index in [-0.39, 0.29) is 0 Å². The molecule has 0 aliphatic heterocycles. The van der Waals surface area contributed by atoms with Gasteiger partial charge in [-0.3, -0.25) is 0 Å². The maximum absolute atomic E-state index is 5.13. The SMILES string of the molecule is C#CCNCCNCC1(CCC)CC1. The number of hydrogen-bond acceptors (Lipinski definition) is 2. The minimum Gasteiger partial charge on any atom is -0.315 e. The average molecular weight is 194 g/mol. The van der Waals surface area contributed by atoms with Crippen LogP contribution in [0, 0.1) is 17.8 Å². The summed E-state index contributed by atoms with van der Waals surface area (Å²) in [7, 11) is 0. The van der Waals surface area contributed by atoms with Crippen molar-refractivity contribution in [3.8, 4) is 12.3 Å². The van der Waals surface area contributed by atoms with Gasteiger partial charge in [0.2, 0.25) is 0 Å². The van der Waals surface area contributed by atoms with Gasteiger partial charge in [0, 0.05) is 19.6 Å². The monoisotopic (exact) mass is 194 g/mol. The highest BCUT2D eigenvalue weighted by Crippen LogP contribution is 2.48. The molecule has 2 nitrogen and oxygen atoms in total. The van der Waals surface area contributed by atoms with E-state index in [2.05, 4.69) is 23.5 Å². The summed E-state index contributed by atoms with van der Waals surface area (Å²) in [4.78, 5) is 0. The van der Waals surface area contributed by atoms with Crippen molar-refractivity contribution in [2.75, 3.05) is 26.2 Å². The second-order valence-electron chi connectivity index (χ2n) is 4.31. The van der Waals surface area contributed by atoms with Crippen molar-refractivity contribution in [2.45, 2.75) is 32.6 Å². The van der Waals surface area contributed by atoms with Gasteiger partial charge in [-0.15, -0.1) is 6.42 Å². The summed E-state index contributed by atoms with van der Waals surface area (Å²) >= 11 is 0. The Morgan fingerprint density at radius 2 is 2.00 bits per heavy atom. The van der Waals surface area contributed by atoms with Crippen LogP contribution in [-0.2, 0) is 0 Å². The normalized spacial score (nSPS) is 17.7. The summed E-state index contributed by atoms with van der Waals surface area (Å²) in [6.45, 7) is 6.16. The van der Waals surface area contributed by atoms with E-state index >= 15 is 0 Å². The van der Waals surface area contributed by atoms with Crippen LogP contribution in [0.5, 0.6) is 0 Å². The molecule has 1 aliphatic rings. The topological polar surface area (TPSA) is 24.1 Å². The highest BCUT2D eigenvalue weighted by molar-refractivity contribution is 4.94. The van der Waals surface area contributed by atoms with Crippen molar-refractivity contribution in [1.29, 1.82) is 0 Å². The molecule has 2 heteroatoms. The van der Waals surface area contributed by atoms with Gasteiger partial charge in [-0.1, -0.05) is 19.3 Å². The maximum Gasteiger partial charge on any atom is 0.0574 e. The minimum atomic E-state index is 0.668. The summed E-state index contributed by atoms with van der Waals surface area (Å²) in [5.74, 6) is 2.57. The molecule has 0 spiro atoms. The summed E-state index contributed by atoms with van der Waals surface area (Å²) in [5, 5.41) is 6.68. The molecular formula is C12H22N2. The van der Waals surface area contributed by atoms with E-state index in [0.29, 0.717) is 12.0 Å². The Hall–Kier alpha value is -0.520. The molecule has 0 saturated heterocycles. The number of nitrogens with one attached hydrogen (secondary N) is 2. The Balaban J connectivity index is 1.91. The Morgan fingerprint density at radius 1 is 1.29 bits per heavy atom. The third-order valence-corrected chi connectivity index (χ3v) is 2.94. The first-order chi connectivity index (χ1) is 6.83. The van der Waals surface area contributed by atoms with E-state index in [9.17, 15) is 0 Å². The minimum absolute atomic E-state index is 0.668. The quantitative estimate of drug-likeness (QED) is 0.450. The number of hydrogen-bond donors (Lipinski definition) is 2.